The van der Waals surface area contributed by atoms with Gasteiger partial charge in [-0.05, 0) is 76.9 Å². The molecule has 1 aliphatic heterocycles. The molecule has 4 rings (SSSR count). The predicted molar refractivity (Wildman–Crippen MR) is 125 cm³/mol. The molecule has 0 radical (unpaired) electrons. The molecule has 188 valence electrons. The van der Waals surface area contributed by atoms with E-state index >= 15 is 0 Å². The van der Waals surface area contributed by atoms with E-state index < -0.39 is 11.6 Å². The highest BCUT2D eigenvalue weighted by atomic mass is 16.5. The maximum absolute atomic E-state index is 13.6. The summed E-state index contributed by atoms with van der Waals surface area (Å²) < 4.78 is 17.2. The molecule has 0 spiro atoms. The van der Waals surface area contributed by atoms with E-state index in [4.69, 9.17) is 13.6 Å². The van der Waals surface area contributed by atoms with Gasteiger partial charge < -0.3 is 23.8 Å². The van der Waals surface area contributed by atoms with Crippen LogP contribution in [0, 0.1) is 13.8 Å². The molecule has 35 heavy (non-hydrogen) atoms. The van der Waals surface area contributed by atoms with Crippen molar-refractivity contribution in [3.8, 4) is 11.6 Å². The van der Waals surface area contributed by atoms with Gasteiger partial charge >= 0.3 is 0 Å². The maximum atomic E-state index is 13.6. The zero-order valence-electron chi connectivity index (χ0n) is 20.8. The molecular weight excluding hydrogens is 452 g/mol. The van der Waals surface area contributed by atoms with Gasteiger partial charge in [-0.15, -0.1) is 10.2 Å². The molecule has 3 aromatic heterocycles. The number of carbonyl (C=O) groups excluding carboxylic acids is 2. The van der Waals surface area contributed by atoms with Gasteiger partial charge in [0.2, 0.25) is 11.7 Å². The Morgan fingerprint density at radius 2 is 1.91 bits per heavy atom. The smallest absolute Gasteiger partial charge is 0.251 e. The summed E-state index contributed by atoms with van der Waals surface area (Å²) in [6.45, 7) is 9.93. The number of furan rings is 2. The molecule has 2 unspecified atom stereocenters. The number of nitrogens with one attached hydrogen (secondary N) is 1. The summed E-state index contributed by atoms with van der Waals surface area (Å²) in [5, 5.41) is 15.3. The zero-order valence-corrected chi connectivity index (χ0v) is 20.8. The molecule has 11 nitrogen and oxygen atoms in total. The fourth-order valence-corrected chi connectivity index (χ4v) is 4.00. The molecule has 3 aromatic rings. The van der Waals surface area contributed by atoms with E-state index in [1.807, 2.05) is 27.7 Å². The summed E-state index contributed by atoms with van der Waals surface area (Å²) in [5.74, 6) is 1.80. The minimum Gasteiger partial charge on any atom is -0.464 e. The minimum absolute atomic E-state index is 0.176. The normalized spacial score (nSPS) is 16.9. The topological polar surface area (TPSA) is 129 Å². The third kappa shape index (κ3) is 6.16. The first kappa shape index (κ1) is 24.6. The van der Waals surface area contributed by atoms with Crippen molar-refractivity contribution in [2.45, 2.75) is 71.7 Å². The Kier molecular flexibility index (Phi) is 7.06. The number of tetrazole rings is 1. The average molecular weight is 485 g/mol. The molecule has 0 aromatic carbocycles. The Morgan fingerprint density at radius 1 is 1.17 bits per heavy atom. The van der Waals surface area contributed by atoms with Crippen LogP contribution < -0.4 is 5.32 Å². The molecular formula is C24H32N6O5. The third-order valence-electron chi connectivity index (χ3n) is 5.52. The Hall–Kier alpha value is -3.47. The quantitative estimate of drug-likeness (QED) is 0.517. The first-order valence-corrected chi connectivity index (χ1v) is 11.7. The fraction of sp³-hybridized carbons (Fsp3) is 0.542. The van der Waals surface area contributed by atoms with Crippen LogP contribution in [0.3, 0.4) is 0 Å². The van der Waals surface area contributed by atoms with Gasteiger partial charge in [0, 0.05) is 18.7 Å². The molecule has 1 aliphatic rings. The van der Waals surface area contributed by atoms with Crippen molar-refractivity contribution in [1.82, 2.24) is 30.4 Å². The van der Waals surface area contributed by atoms with Gasteiger partial charge in [-0.2, -0.15) is 4.80 Å². The highest BCUT2D eigenvalue weighted by Gasteiger charge is 2.37. The number of ether oxygens (including phenoxy) is 1. The van der Waals surface area contributed by atoms with E-state index in [1.165, 1.54) is 9.70 Å². The molecule has 4 heterocycles. The van der Waals surface area contributed by atoms with Crippen molar-refractivity contribution in [3.63, 3.8) is 0 Å². The van der Waals surface area contributed by atoms with E-state index in [9.17, 15) is 9.59 Å². The van der Waals surface area contributed by atoms with Gasteiger partial charge in [0.1, 0.15) is 23.8 Å². The summed E-state index contributed by atoms with van der Waals surface area (Å²) >= 11 is 0. The van der Waals surface area contributed by atoms with Gasteiger partial charge in [0.25, 0.3) is 5.91 Å². The molecule has 1 N–H and O–H groups in total. The summed E-state index contributed by atoms with van der Waals surface area (Å²) in [4.78, 5) is 29.8. The molecule has 0 saturated carbocycles. The summed E-state index contributed by atoms with van der Waals surface area (Å²) in [5.41, 5.74) is -0.501. The second-order valence-electron chi connectivity index (χ2n) is 9.83. The van der Waals surface area contributed by atoms with Crippen molar-refractivity contribution < 1.29 is 23.2 Å². The van der Waals surface area contributed by atoms with E-state index in [-0.39, 0.29) is 36.8 Å². The Morgan fingerprint density at radius 3 is 2.51 bits per heavy atom. The van der Waals surface area contributed by atoms with Crippen LogP contribution in [0.5, 0.6) is 0 Å². The van der Waals surface area contributed by atoms with Gasteiger partial charge in [-0.1, -0.05) is 0 Å². The van der Waals surface area contributed by atoms with Crippen molar-refractivity contribution in [2.75, 3.05) is 13.2 Å². The fourth-order valence-electron chi connectivity index (χ4n) is 4.00. The van der Waals surface area contributed by atoms with E-state index in [0.717, 1.165) is 18.6 Å². The van der Waals surface area contributed by atoms with Crippen molar-refractivity contribution in [1.29, 1.82) is 0 Å². The SMILES string of the molecule is Cc1ccc(-c2nnn(CC(=O)N(CC3CCCO3)C(C(=O)NC(C)(C)C)c3ccc(C)o3)n2)o1. The number of aryl methyl sites for hydroxylation is 2. The molecule has 2 atom stereocenters. The summed E-state index contributed by atoms with van der Waals surface area (Å²) in [6, 6.07) is 6.07. The highest BCUT2D eigenvalue weighted by Crippen LogP contribution is 2.27. The molecule has 1 saturated heterocycles. The third-order valence-corrected chi connectivity index (χ3v) is 5.52. The zero-order chi connectivity index (χ0) is 25.2. The van der Waals surface area contributed by atoms with E-state index in [0.29, 0.717) is 23.9 Å². The second kappa shape index (κ2) is 10.0. The lowest BCUT2D eigenvalue weighted by atomic mass is 10.1. The van der Waals surface area contributed by atoms with Crippen LogP contribution in [0.4, 0.5) is 0 Å². The van der Waals surface area contributed by atoms with Crippen LogP contribution >= 0.6 is 0 Å². The lowest BCUT2D eigenvalue weighted by Gasteiger charge is -2.33. The van der Waals surface area contributed by atoms with Crippen LogP contribution in [0.25, 0.3) is 11.6 Å². The molecule has 2 amide bonds. The van der Waals surface area contributed by atoms with Crippen molar-refractivity contribution >= 4 is 11.8 Å². The van der Waals surface area contributed by atoms with E-state index in [2.05, 4.69) is 20.7 Å². The number of nitrogens with zero attached hydrogens (tertiary/aromatic N) is 5. The second-order valence-corrected chi connectivity index (χ2v) is 9.83. The van der Waals surface area contributed by atoms with Gasteiger partial charge in [0.15, 0.2) is 11.8 Å². The van der Waals surface area contributed by atoms with Gasteiger partial charge in [-0.3, -0.25) is 9.59 Å². The average Bonchev–Trinajstić information content (AvgIpc) is 3.55. The Bertz CT molecular complexity index is 1170. The van der Waals surface area contributed by atoms with Gasteiger partial charge in [0.05, 0.1) is 6.10 Å². The number of carbonyl (C=O) groups is 2. The first-order chi connectivity index (χ1) is 16.6. The number of amides is 2. The molecule has 0 aliphatic carbocycles. The van der Waals surface area contributed by atoms with Crippen LogP contribution in [0.1, 0.15) is 56.9 Å². The largest absolute Gasteiger partial charge is 0.464 e. The van der Waals surface area contributed by atoms with Crippen molar-refractivity contribution in [2.24, 2.45) is 0 Å². The highest BCUT2D eigenvalue weighted by molar-refractivity contribution is 5.88. The van der Waals surface area contributed by atoms with Crippen LogP contribution in [0.15, 0.2) is 33.1 Å². The molecule has 1 fully saturated rings. The number of hydrogen-bond donors (Lipinski definition) is 1. The summed E-state index contributed by atoms with van der Waals surface area (Å²) in [6.07, 6.45) is 1.53. The van der Waals surface area contributed by atoms with Crippen LogP contribution in [-0.4, -0.2) is 61.7 Å². The number of rotatable bonds is 8. The monoisotopic (exact) mass is 484 g/mol. The standard InChI is InChI=1S/C24H32N6O5/c1-15-8-10-18(34-15)21(23(32)25-24(3,4)5)29(13-17-7-6-12-33-17)20(31)14-30-27-22(26-28-30)19-11-9-16(2)35-19/h8-11,17,21H,6-7,12-14H2,1-5H3,(H,25,32). The first-order valence-electron chi connectivity index (χ1n) is 11.7. The molecule has 11 heteroatoms. The van der Waals surface area contributed by atoms with Crippen molar-refractivity contribution in [3.05, 3.63) is 41.5 Å². The maximum Gasteiger partial charge on any atom is 0.251 e. The predicted octanol–water partition coefficient (Wildman–Crippen LogP) is 2.81. The Balaban J connectivity index is 1.62. The van der Waals surface area contributed by atoms with Crippen LogP contribution in [-0.2, 0) is 20.9 Å². The number of aromatic nitrogens is 4. The lowest BCUT2D eigenvalue weighted by Crippen LogP contribution is -2.51. The Labute approximate surface area is 203 Å². The molecule has 0 bridgehead atoms. The van der Waals surface area contributed by atoms with Gasteiger partial charge in [-0.25, -0.2) is 0 Å². The number of hydrogen-bond acceptors (Lipinski definition) is 8. The minimum atomic E-state index is -0.977. The summed E-state index contributed by atoms with van der Waals surface area (Å²) in [7, 11) is 0. The van der Waals surface area contributed by atoms with E-state index in [1.54, 1.807) is 31.2 Å². The van der Waals surface area contributed by atoms with Crippen LogP contribution in [0.2, 0.25) is 0 Å². The lowest BCUT2D eigenvalue weighted by molar-refractivity contribution is -0.144.